The van der Waals surface area contributed by atoms with Gasteiger partial charge in [0.1, 0.15) is 5.52 Å². The molecule has 11 nitrogen and oxygen atoms in total. The molecule has 5 N–H and O–H groups in total. The molecule has 0 spiro atoms. The number of aliphatic hydroxyl groups excluding tert-OH is 2. The number of aromatic nitrogens is 5. The number of aliphatic hydroxyl groups is 2. The average Bonchev–Trinajstić information content (AvgIpc) is 3.55. The summed E-state index contributed by atoms with van der Waals surface area (Å²) in [5, 5.41) is 37.6. The smallest absolute Gasteiger partial charge is 0.238 e. The number of β-amino-alcohol motifs (C(OH)–C–C–N with tert-alkyl or cyclic N) is 1. The summed E-state index contributed by atoms with van der Waals surface area (Å²) in [5.74, 6) is 1.13. The van der Waals surface area contributed by atoms with Gasteiger partial charge in [-0.2, -0.15) is 5.10 Å². The number of nitrogens with zero attached hydrogens (tertiary/aromatic N) is 5. The van der Waals surface area contributed by atoms with Crippen LogP contribution >= 0.6 is 11.8 Å². The summed E-state index contributed by atoms with van der Waals surface area (Å²) in [6, 6.07) is 13.0. The van der Waals surface area contributed by atoms with E-state index in [0.717, 1.165) is 16.1 Å². The highest BCUT2D eigenvalue weighted by molar-refractivity contribution is 7.99. The Balaban J connectivity index is 1.24. The number of aryl methyl sites for hydroxylation is 1. The number of likely N-dealkylation sites (tertiary alicyclic amines) is 1. The van der Waals surface area contributed by atoms with E-state index in [1.165, 1.54) is 11.8 Å². The number of hydrogen-bond donors (Lipinski definition) is 5. The molecule has 1 aliphatic heterocycles. The maximum atomic E-state index is 12.4. The lowest BCUT2D eigenvalue weighted by atomic mass is 10.2. The number of amides is 1. The number of anilines is 3. The molecule has 1 amide bonds. The van der Waals surface area contributed by atoms with Gasteiger partial charge in [0, 0.05) is 41.1 Å². The number of carbonyl (C=O) groups is 1. The minimum Gasteiger partial charge on any atom is -0.395 e. The molecule has 0 aliphatic carbocycles. The topological polar surface area (TPSA) is 144 Å². The summed E-state index contributed by atoms with van der Waals surface area (Å²) in [7, 11) is 0. The molecule has 1 fully saturated rings. The Morgan fingerprint density at radius 2 is 2.11 bits per heavy atom. The first-order valence-electron chi connectivity index (χ1n) is 11.2. The standard InChI is InChI=1S/C23H26N8O3S/c1-14-9-20(28-27-14)25-22-19-3-2-8-31(19)29-23(26-22)35-18-6-4-15(5-7-18)24-21(34)12-30-11-17(33)10-16(30)13-32/h2-9,16-17,32-33H,10-13H2,1H3,(H,24,34)(H2,25,26,27,28,29)/t16-,17+/m1/s1. The van der Waals surface area contributed by atoms with Gasteiger partial charge < -0.3 is 20.8 Å². The summed E-state index contributed by atoms with van der Waals surface area (Å²) in [5.41, 5.74) is 2.45. The van der Waals surface area contributed by atoms with Gasteiger partial charge >= 0.3 is 0 Å². The molecule has 2 atom stereocenters. The molecule has 5 rings (SSSR count). The van der Waals surface area contributed by atoms with Crippen molar-refractivity contribution in [1.29, 1.82) is 0 Å². The zero-order valence-corrected chi connectivity index (χ0v) is 19.9. The molecule has 0 bridgehead atoms. The SMILES string of the molecule is Cc1cc(Nc2nc(Sc3ccc(NC(=O)CN4C[C@@H](O)C[C@@H]4CO)cc3)nn3cccc23)n[nH]1. The molecular weight excluding hydrogens is 468 g/mol. The van der Waals surface area contributed by atoms with E-state index in [1.54, 1.807) is 9.42 Å². The van der Waals surface area contributed by atoms with E-state index in [-0.39, 0.29) is 25.1 Å². The molecule has 3 aromatic heterocycles. The largest absolute Gasteiger partial charge is 0.395 e. The summed E-state index contributed by atoms with van der Waals surface area (Å²) >= 11 is 1.41. The maximum Gasteiger partial charge on any atom is 0.238 e. The Morgan fingerprint density at radius 3 is 2.86 bits per heavy atom. The van der Waals surface area contributed by atoms with Crippen LogP contribution in [0.2, 0.25) is 0 Å². The van der Waals surface area contributed by atoms with Crippen molar-refractivity contribution >= 4 is 40.5 Å². The molecule has 4 aromatic rings. The van der Waals surface area contributed by atoms with Crippen LogP contribution in [-0.4, -0.2) is 77.7 Å². The Morgan fingerprint density at radius 1 is 1.29 bits per heavy atom. The first-order valence-corrected chi connectivity index (χ1v) is 12.0. The second-order valence-electron chi connectivity index (χ2n) is 8.47. The second-order valence-corrected chi connectivity index (χ2v) is 9.51. The van der Waals surface area contributed by atoms with Gasteiger partial charge in [-0.25, -0.2) is 9.50 Å². The Kier molecular flexibility index (Phi) is 6.68. The van der Waals surface area contributed by atoms with Crippen LogP contribution in [0.25, 0.3) is 5.52 Å². The first-order chi connectivity index (χ1) is 17.0. The highest BCUT2D eigenvalue weighted by Crippen LogP contribution is 2.29. The van der Waals surface area contributed by atoms with Crippen LogP contribution in [0, 0.1) is 6.92 Å². The van der Waals surface area contributed by atoms with Crippen molar-refractivity contribution in [3.05, 3.63) is 54.4 Å². The lowest BCUT2D eigenvalue weighted by molar-refractivity contribution is -0.117. The van der Waals surface area contributed by atoms with Crippen molar-refractivity contribution in [2.75, 3.05) is 30.3 Å². The number of hydrogen-bond acceptors (Lipinski definition) is 9. The Hall–Kier alpha value is -3.45. The van der Waals surface area contributed by atoms with Gasteiger partial charge in [-0.1, -0.05) is 0 Å². The Bertz CT molecular complexity index is 1320. The van der Waals surface area contributed by atoms with E-state index < -0.39 is 6.10 Å². The van der Waals surface area contributed by atoms with Crippen LogP contribution in [0.15, 0.2) is 58.7 Å². The molecule has 182 valence electrons. The van der Waals surface area contributed by atoms with Gasteiger partial charge in [0.2, 0.25) is 11.1 Å². The molecule has 0 radical (unpaired) electrons. The molecule has 0 unspecified atom stereocenters. The number of fused-ring (bicyclic) bond motifs is 1. The van der Waals surface area contributed by atoms with Crippen LogP contribution in [0.3, 0.4) is 0 Å². The van der Waals surface area contributed by atoms with Gasteiger partial charge in [0.25, 0.3) is 0 Å². The molecule has 4 heterocycles. The molecule has 0 saturated carbocycles. The molecule has 1 aromatic carbocycles. The fourth-order valence-corrected chi connectivity index (χ4v) is 4.84. The number of rotatable bonds is 8. The maximum absolute atomic E-state index is 12.4. The third-order valence-electron chi connectivity index (χ3n) is 5.73. The van der Waals surface area contributed by atoms with Crippen molar-refractivity contribution < 1.29 is 15.0 Å². The number of H-pyrrole nitrogens is 1. The number of nitrogens with one attached hydrogen (secondary N) is 3. The lowest BCUT2D eigenvalue weighted by Crippen LogP contribution is -2.38. The van der Waals surface area contributed by atoms with E-state index in [9.17, 15) is 15.0 Å². The van der Waals surface area contributed by atoms with Crippen molar-refractivity contribution in [3.8, 4) is 0 Å². The predicted octanol–water partition coefficient (Wildman–Crippen LogP) is 2.02. The van der Waals surface area contributed by atoms with Gasteiger partial charge in [0.05, 0.1) is 19.3 Å². The summed E-state index contributed by atoms with van der Waals surface area (Å²) in [4.78, 5) is 19.8. The first kappa shape index (κ1) is 23.3. The van der Waals surface area contributed by atoms with Gasteiger partial charge in [-0.3, -0.25) is 14.8 Å². The van der Waals surface area contributed by atoms with E-state index in [2.05, 4.69) is 30.9 Å². The average molecular weight is 495 g/mol. The lowest BCUT2D eigenvalue weighted by Gasteiger charge is -2.21. The zero-order valence-electron chi connectivity index (χ0n) is 19.0. The minimum atomic E-state index is -0.511. The highest BCUT2D eigenvalue weighted by Gasteiger charge is 2.31. The third kappa shape index (κ3) is 5.46. The normalized spacial score (nSPS) is 18.3. The monoisotopic (exact) mass is 494 g/mol. The summed E-state index contributed by atoms with van der Waals surface area (Å²) in [6.07, 6.45) is 1.83. The molecule has 1 aliphatic rings. The van der Waals surface area contributed by atoms with Gasteiger partial charge in [0.15, 0.2) is 11.6 Å². The summed E-state index contributed by atoms with van der Waals surface area (Å²) < 4.78 is 1.76. The van der Waals surface area contributed by atoms with Crippen LogP contribution in [0.4, 0.5) is 17.3 Å². The zero-order chi connectivity index (χ0) is 24.4. The van der Waals surface area contributed by atoms with E-state index in [0.29, 0.717) is 35.4 Å². The predicted molar refractivity (Wildman–Crippen MR) is 132 cm³/mol. The molecule has 12 heteroatoms. The third-order valence-corrected chi connectivity index (χ3v) is 6.60. The van der Waals surface area contributed by atoms with Crippen LogP contribution in [0.5, 0.6) is 0 Å². The van der Waals surface area contributed by atoms with Gasteiger partial charge in [-0.15, -0.1) is 5.10 Å². The van der Waals surface area contributed by atoms with E-state index >= 15 is 0 Å². The minimum absolute atomic E-state index is 0.0777. The molecular formula is C23H26N8O3S. The van der Waals surface area contributed by atoms with E-state index in [4.69, 9.17) is 0 Å². The molecule has 35 heavy (non-hydrogen) atoms. The second kappa shape index (κ2) is 10.0. The van der Waals surface area contributed by atoms with Crippen molar-refractivity contribution in [1.82, 2.24) is 29.7 Å². The van der Waals surface area contributed by atoms with Crippen molar-refractivity contribution in [3.63, 3.8) is 0 Å². The fraction of sp³-hybridized carbons (Fsp3) is 0.304. The van der Waals surface area contributed by atoms with Gasteiger partial charge in [-0.05, 0) is 61.5 Å². The van der Waals surface area contributed by atoms with Crippen LogP contribution in [-0.2, 0) is 4.79 Å². The number of benzene rings is 1. The fourth-order valence-electron chi connectivity index (χ4n) is 4.09. The van der Waals surface area contributed by atoms with Crippen molar-refractivity contribution in [2.45, 2.75) is 35.5 Å². The quantitative estimate of drug-likeness (QED) is 0.248. The van der Waals surface area contributed by atoms with E-state index in [1.807, 2.05) is 55.6 Å². The van der Waals surface area contributed by atoms with Crippen molar-refractivity contribution in [2.24, 2.45) is 0 Å². The Labute approximate surface area is 205 Å². The van der Waals surface area contributed by atoms with Crippen LogP contribution in [0.1, 0.15) is 12.1 Å². The highest BCUT2D eigenvalue weighted by atomic mass is 32.2. The number of carbonyl (C=O) groups excluding carboxylic acids is 1. The molecule has 1 saturated heterocycles. The number of aromatic amines is 1. The summed E-state index contributed by atoms with van der Waals surface area (Å²) in [6.45, 7) is 2.36. The van der Waals surface area contributed by atoms with Crippen LogP contribution < -0.4 is 10.6 Å².